The normalized spacial score (nSPS) is 13.7. The van der Waals surface area contributed by atoms with Crippen LogP contribution in [0.2, 0.25) is 0 Å². The molecule has 0 radical (unpaired) electrons. The van der Waals surface area contributed by atoms with Crippen molar-refractivity contribution in [1.82, 2.24) is 5.32 Å². The molecular weight excluding hydrogens is 267 g/mol. The number of hydrogen-bond donors (Lipinski definition) is 1. The Hall–Kier alpha value is -2.36. The van der Waals surface area contributed by atoms with E-state index in [2.05, 4.69) is 11.4 Å². The Morgan fingerprint density at radius 3 is 2.90 bits per heavy atom. The van der Waals surface area contributed by atoms with Gasteiger partial charge in [-0.3, -0.25) is 4.90 Å². The molecular formula is C17H17FN2O. The van der Waals surface area contributed by atoms with Crippen LogP contribution in [0.4, 0.5) is 14.9 Å². The second-order valence-electron chi connectivity index (χ2n) is 5.17. The van der Waals surface area contributed by atoms with Crippen molar-refractivity contribution >= 4 is 11.7 Å². The molecule has 0 aliphatic carbocycles. The Bertz CT molecular complexity index is 657. The highest BCUT2D eigenvalue weighted by Crippen LogP contribution is 2.26. The quantitative estimate of drug-likeness (QED) is 0.899. The van der Waals surface area contributed by atoms with Gasteiger partial charge in [0, 0.05) is 18.8 Å². The molecule has 2 aromatic rings. The molecule has 0 spiro atoms. The molecule has 108 valence electrons. The molecule has 3 rings (SSSR count). The first kappa shape index (κ1) is 13.6. The van der Waals surface area contributed by atoms with Gasteiger partial charge in [-0.25, -0.2) is 9.18 Å². The molecule has 1 N–H and O–H groups in total. The van der Waals surface area contributed by atoms with Crippen LogP contribution in [0.1, 0.15) is 17.5 Å². The van der Waals surface area contributed by atoms with Crippen molar-refractivity contribution in [1.29, 1.82) is 0 Å². The lowest BCUT2D eigenvalue weighted by Gasteiger charge is -2.29. The number of aryl methyl sites for hydroxylation is 1. The number of nitrogens with zero attached hydrogens (tertiary/aromatic N) is 1. The Labute approximate surface area is 123 Å². The number of anilines is 1. The fourth-order valence-electron chi connectivity index (χ4n) is 2.66. The van der Waals surface area contributed by atoms with E-state index in [1.54, 1.807) is 17.0 Å². The monoisotopic (exact) mass is 284 g/mol. The summed E-state index contributed by atoms with van der Waals surface area (Å²) >= 11 is 0. The van der Waals surface area contributed by atoms with E-state index in [-0.39, 0.29) is 11.8 Å². The largest absolute Gasteiger partial charge is 0.334 e. The topological polar surface area (TPSA) is 32.3 Å². The molecule has 21 heavy (non-hydrogen) atoms. The highest BCUT2D eigenvalue weighted by molar-refractivity contribution is 5.93. The summed E-state index contributed by atoms with van der Waals surface area (Å²) in [5.74, 6) is -0.287. The molecule has 4 heteroatoms. The van der Waals surface area contributed by atoms with Crippen molar-refractivity contribution in [2.24, 2.45) is 0 Å². The van der Waals surface area contributed by atoms with Crippen molar-refractivity contribution in [3.8, 4) is 0 Å². The SMILES string of the molecule is O=C(NCc1cccc(F)c1)N1CCCc2ccccc21. The second kappa shape index (κ2) is 5.95. The molecule has 3 nitrogen and oxygen atoms in total. The standard InChI is InChI=1S/C17H17FN2O/c18-15-8-3-5-13(11-15)12-19-17(21)20-10-4-7-14-6-1-2-9-16(14)20/h1-3,5-6,8-9,11H,4,7,10,12H2,(H,19,21). The van der Waals surface area contributed by atoms with E-state index >= 15 is 0 Å². The predicted molar refractivity (Wildman–Crippen MR) is 80.7 cm³/mol. The molecule has 0 bridgehead atoms. The number of halogens is 1. The molecule has 2 amide bonds. The minimum Gasteiger partial charge on any atom is -0.334 e. The van der Waals surface area contributed by atoms with Crippen molar-refractivity contribution in [2.75, 3.05) is 11.4 Å². The van der Waals surface area contributed by atoms with Crippen LogP contribution in [0.5, 0.6) is 0 Å². The maximum Gasteiger partial charge on any atom is 0.322 e. The zero-order chi connectivity index (χ0) is 14.7. The van der Waals surface area contributed by atoms with Gasteiger partial charge in [0.25, 0.3) is 0 Å². The zero-order valence-electron chi connectivity index (χ0n) is 11.7. The van der Waals surface area contributed by atoms with Crippen LogP contribution in [0.25, 0.3) is 0 Å². The highest BCUT2D eigenvalue weighted by atomic mass is 19.1. The van der Waals surface area contributed by atoms with Crippen LogP contribution in [0.3, 0.4) is 0 Å². The third-order valence-corrected chi connectivity index (χ3v) is 3.69. The van der Waals surface area contributed by atoms with Crippen LogP contribution in [0.15, 0.2) is 48.5 Å². The molecule has 0 atom stereocenters. The molecule has 1 heterocycles. The summed E-state index contributed by atoms with van der Waals surface area (Å²) in [6, 6.07) is 14.1. The van der Waals surface area contributed by atoms with E-state index in [9.17, 15) is 9.18 Å². The molecule has 1 aliphatic rings. The molecule has 0 unspecified atom stereocenters. The van der Waals surface area contributed by atoms with Gasteiger partial charge in [-0.2, -0.15) is 0 Å². The summed E-state index contributed by atoms with van der Waals surface area (Å²) in [5, 5.41) is 2.86. The fraction of sp³-hybridized carbons (Fsp3) is 0.235. The van der Waals surface area contributed by atoms with E-state index in [0.717, 1.165) is 24.1 Å². The Morgan fingerprint density at radius 1 is 1.19 bits per heavy atom. The van der Waals surface area contributed by atoms with Crippen molar-refractivity contribution in [2.45, 2.75) is 19.4 Å². The Kier molecular flexibility index (Phi) is 3.86. The number of hydrogen-bond acceptors (Lipinski definition) is 1. The van der Waals surface area contributed by atoms with E-state index in [1.807, 2.05) is 18.2 Å². The first-order chi connectivity index (χ1) is 10.2. The Balaban J connectivity index is 1.69. The number of carbonyl (C=O) groups excluding carboxylic acids is 1. The summed E-state index contributed by atoms with van der Waals surface area (Å²) in [7, 11) is 0. The summed E-state index contributed by atoms with van der Waals surface area (Å²) in [6.45, 7) is 1.04. The van der Waals surface area contributed by atoms with Crippen LogP contribution in [-0.4, -0.2) is 12.6 Å². The lowest BCUT2D eigenvalue weighted by Crippen LogP contribution is -2.42. The van der Waals surface area contributed by atoms with E-state index in [4.69, 9.17) is 0 Å². The summed E-state index contributed by atoms with van der Waals surface area (Å²) < 4.78 is 13.1. The third-order valence-electron chi connectivity index (χ3n) is 3.69. The average molecular weight is 284 g/mol. The Morgan fingerprint density at radius 2 is 2.05 bits per heavy atom. The van der Waals surface area contributed by atoms with Gasteiger partial charge in [-0.1, -0.05) is 30.3 Å². The number of rotatable bonds is 2. The second-order valence-corrected chi connectivity index (χ2v) is 5.17. The number of carbonyl (C=O) groups is 1. The lowest BCUT2D eigenvalue weighted by molar-refractivity contribution is 0.245. The molecule has 0 saturated heterocycles. The van der Waals surface area contributed by atoms with Crippen LogP contribution in [0, 0.1) is 5.82 Å². The van der Waals surface area contributed by atoms with Gasteiger partial charge in [0.1, 0.15) is 5.82 Å². The maximum absolute atomic E-state index is 13.1. The fourth-order valence-corrected chi connectivity index (χ4v) is 2.66. The number of fused-ring (bicyclic) bond motifs is 1. The number of benzene rings is 2. The first-order valence-corrected chi connectivity index (χ1v) is 7.12. The predicted octanol–water partition coefficient (Wildman–Crippen LogP) is 3.49. The first-order valence-electron chi connectivity index (χ1n) is 7.12. The molecule has 1 aliphatic heterocycles. The average Bonchev–Trinajstić information content (AvgIpc) is 2.52. The lowest BCUT2D eigenvalue weighted by atomic mass is 10.0. The van der Waals surface area contributed by atoms with Gasteiger partial charge in [0.05, 0.1) is 0 Å². The van der Waals surface area contributed by atoms with Gasteiger partial charge in [0.2, 0.25) is 0 Å². The molecule has 0 aromatic heterocycles. The van der Waals surface area contributed by atoms with Crippen molar-refractivity contribution < 1.29 is 9.18 Å². The van der Waals surface area contributed by atoms with Gasteiger partial charge < -0.3 is 5.32 Å². The number of para-hydroxylation sites is 1. The molecule has 2 aromatic carbocycles. The summed E-state index contributed by atoms with van der Waals surface area (Å²) in [5.41, 5.74) is 2.93. The number of nitrogens with one attached hydrogen (secondary N) is 1. The van der Waals surface area contributed by atoms with Gasteiger partial charge in [-0.05, 0) is 42.2 Å². The molecule has 0 saturated carbocycles. The van der Waals surface area contributed by atoms with Gasteiger partial charge in [-0.15, -0.1) is 0 Å². The zero-order valence-corrected chi connectivity index (χ0v) is 11.7. The van der Waals surface area contributed by atoms with Crippen molar-refractivity contribution in [3.05, 3.63) is 65.5 Å². The van der Waals surface area contributed by atoms with Crippen LogP contribution < -0.4 is 10.2 Å². The third kappa shape index (κ3) is 3.05. The summed E-state index contributed by atoms with van der Waals surface area (Å²) in [6.07, 6.45) is 1.97. The minimum atomic E-state index is -0.287. The minimum absolute atomic E-state index is 0.133. The number of amides is 2. The van der Waals surface area contributed by atoms with Crippen LogP contribution >= 0.6 is 0 Å². The van der Waals surface area contributed by atoms with E-state index in [1.165, 1.54) is 17.7 Å². The van der Waals surface area contributed by atoms with E-state index in [0.29, 0.717) is 13.1 Å². The maximum atomic E-state index is 13.1. The van der Waals surface area contributed by atoms with Gasteiger partial charge in [0.15, 0.2) is 0 Å². The van der Waals surface area contributed by atoms with Gasteiger partial charge >= 0.3 is 6.03 Å². The molecule has 0 fully saturated rings. The number of urea groups is 1. The smallest absolute Gasteiger partial charge is 0.322 e. The van der Waals surface area contributed by atoms with Crippen LogP contribution in [-0.2, 0) is 13.0 Å². The van der Waals surface area contributed by atoms with Crippen molar-refractivity contribution in [3.63, 3.8) is 0 Å². The highest BCUT2D eigenvalue weighted by Gasteiger charge is 2.21. The summed E-state index contributed by atoms with van der Waals surface area (Å²) in [4.78, 5) is 14.1. The van der Waals surface area contributed by atoms with E-state index < -0.39 is 0 Å².